The van der Waals surface area contributed by atoms with E-state index in [0.29, 0.717) is 0 Å². The zero-order valence-electron chi connectivity index (χ0n) is 14.2. The number of halogens is 1. The number of carbonyl (C=O) groups is 1. The molecule has 0 aliphatic carbocycles. The van der Waals surface area contributed by atoms with Gasteiger partial charge in [-0.1, -0.05) is 42.5 Å². The molecule has 0 fully saturated rings. The molecule has 0 bridgehead atoms. The van der Waals surface area contributed by atoms with E-state index < -0.39 is 10.0 Å². The maximum Gasteiger partial charge on any atom is 0.237 e. The SMILES string of the molecule is CN(Cc1ccc(F)cc1)C(=O)CN(Cc1ccccc1)S(C)(=O)=O. The summed E-state index contributed by atoms with van der Waals surface area (Å²) in [6.45, 7) is 0.170. The molecule has 0 saturated carbocycles. The smallest absolute Gasteiger partial charge is 0.237 e. The minimum Gasteiger partial charge on any atom is -0.340 e. The van der Waals surface area contributed by atoms with Crippen LogP contribution in [0.2, 0.25) is 0 Å². The maximum atomic E-state index is 12.9. The van der Waals surface area contributed by atoms with Crippen molar-refractivity contribution in [3.63, 3.8) is 0 Å². The number of benzene rings is 2. The predicted octanol–water partition coefficient (Wildman–Crippen LogP) is 2.25. The molecule has 0 aliphatic rings. The average molecular weight is 364 g/mol. The lowest BCUT2D eigenvalue weighted by molar-refractivity contribution is -0.130. The van der Waals surface area contributed by atoms with Crippen molar-refractivity contribution in [2.45, 2.75) is 13.1 Å². The van der Waals surface area contributed by atoms with Gasteiger partial charge in [-0.05, 0) is 23.3 Å². The van der Waals surface area contributed by atoms with Crippen LogP contribution in [-0.4, -0.2) is 43.4 Å². The first kappa shape index (κ1) is 19.1. The van der Waals surface area contributed by atoms with E-state index in [-0.39, 0.29) is 31.4 Å². The second kappa shape index (κ2) is 8.22. The summed E-state index contributed by atoms with van der Waals surface area (Å²) in [6.07, 6.45) is 1.09. The number of hydrogen-bond donors (Lipinski definition) is 0. The van der Waals surface area contributed by atoms with Gasteiger partial charge in [0.1, 0.15) is 5.82 Å². The van der Waals surface area contributed by atoms with E-state index in [1.54, 1.807) is 19.2 Å². The summed E-state index contributed by atoms with van der Waals surface area (Å²) in [5, 5.41) is 0. The van der Waals surface area contributed by atoms with Crippen molar-refractivity contribution >= 4 is 15.9 Å². The first-order chi connectivity index (χ1) is 11.8. The Morgan fingerprint density at radius 2 is 1.52 bits per heavy atom. The van der Waals surface area contributed by atoms with Gasteiger partial charge in [-0.25, -0.2) is 12.8 Å². The number of sulfonamides is 1. The number of amides is 1. The van der Waals surface area contributed by atoms with Crippen LogP contribution in [0.15, 0.2) is 54.6 Å². The topological polar surface area (TPSA) is 57.7 Å². The van der Waals surface area contributed by atoms with Crippen molar-refractivity contribution in [3.8, 4) is 0 Å². The Morgan fingerprint density at radius 3 is 2.08 bits per heavy atom. The van der Waals surface area contributed by atoms with Gasteiger partial charge in [-0.3, -0.25) is 4.79 Å². The molecular formula is C18H21FN2O3S. The lowest BCUT2D eigenvalue weighted by atomic mass is 10.2. The van der Waals surface area contributed by atoms with E-state index in [4.69, 9.17) is 0 Å². The Labute approximate surface area is 147 Å². The summed E-state index contributed by atoms with van der Waals surface area (Å²) in [6, 6.07) is 14.9. The molecule has 0 aromatic heterocycles. The zero-order valence-corrected chi connectivity index (χ0v) is 15.0. The fourth-order valence-electron chi connectivity index (χ4n) is 2.30. The highest BCUT2D eigenvalue weighted by molar-refractivity contribution is 7.88. The van der Waals surface area contributed by atoms with Crippen LogP contribution in [0.5, 0.6) is 0 Å². The Hall–Kier alpha value is -2.25. The molecule has 0 radical (unpaired) electrons. The van der Waals surface area contributed by atoms with E-state index in [2.05, 4.69) is 0 Å². The van der Waals surface area contributed by atoms with Gasteiger partial charge in [-0.2, -0.15) is 4.31 Å². The van der Waals surface area contributed by atoms with Gasteiger partial charge < -0.3 is 4.90 Å². The third-order valence-corrected chi connectivity index (χ3v) is 4.94. The summed E-state index contributed by atoms with van der Waals surface area (Å²) < 4.78 is 38.1. The molecule has 7 heteroatoms. The van der Waals surface area contributed by atoms with E-state index in [1.165, 1.54) is 17.0 Å². The molecule has 0 spiro atoms. The Morgan fingerprint density at radius 1 is 0.960 bits per heavy atom. The van der Waals surface area contributed by atoms with Gasteiger partial charge in [0.05, 0.1) is 12.8 Å². The second-order valence-electron chi connectivity index (χ2n) is 5.89. The first-order valence-electron chi connectivity index (χ1n) is 7.73. The van der Waals surface area contributed by atoms with Crippen molar-refractivity contribution in [2.75, 3.05) is 19.8 Å². The number of carbonyl (C=O) groups excluding carboxylic acids is 1. The van der Waals surface area contributed by atoms with Crippen LogP contribution in [0.25, 0.3) is 0 Å². The minimum atomic E-state index is -3.53. The summed E-state index contributed by atoms with van der Waals surface area (Å²) in [5.41, 5.74) is 1.58. The summed E-state index contributed by atoms with van der Waals surface area (Å²) in [5.74, 6) is -0.672. The molecule has 0 heterocycles. The highest BCUT2D eigenvalue weighted by Crippen LogP contribution is 2.10. The molecule has 2 aromatic rings. The van der Waals surface area contributed by atoms with Crippen LogP contribution in [0, 0.1) is 5.82 Å². The van der Waals surface area contributed by atoms with E-state index in [9.17, 15) is 17.6 Å². The summed E-state index contributed by atoms with van der Waals surface area (Å²) in [4.78, 5) is 13.8. The molecule has 0 N–H and O–H groups in total. The standard InChI is InChI=1S/C18H21FN2O3S/c1-20(12-16-8-10-17(19)11-9-16)18(22)14-21(25(2,23)24)13-15-6-4-3-5-7-15/h3-11H,12-14H2,1-2H3. The third-order valence-electron chi connectivity index (χ3n) is 3.74. The van der Waals surface area contributed by atoms with Gasteiger partial charge >= 0.3 is 0 Å². The normalized spacial score (nSPS) is 11.5. The van der Waals surface area contributed by atoms with Crippen LogP contribution < -0.4 is 0 Å². The lowest BCUT2D eigenvalue weighted by Gasteiger charge is -2.23. The van der Waals surface area contributed by atoms with Crippen LogP contribution in [0.1, 0.15) is 11.1 Å². The molecule has 5 nitrogen and oxygen atoms in total. The molecule has 0 atom stereocenters. The van der Waals surface area contributed by atoms with Crippen molar-refractivity contribution in [3.05, 3.63) is 71.5 Å². The Kier molecular flexibility index (Phi) is 6.27. The van der Waals surface area contributed by atoms with E-state index >= 15 is 0 Å². The fourth-order valence-corrected chi connectivity index (χ4v) is 3.03. The van der Waals surface area contributed by atoms with Crippen LogP contribution in [0.4, 0.5) is 4.39 Å². The highest BCUT2D eigenvalue weighted by Gasteiger charge is 2.22. The van der Waals surface area contributed by atoms with Gasteiger partial charge in [-0.15, -0.1) is 0 Å². The Bertz CT molecular complexity index is 808. The van der Waals surface area contributed by atoms with Gasteiger partial charge in [0.25, 0.3) is 0 Å². The number of nitrogens with zero attached hydrogens (tertiary/aromatic N) is 2. The van der Waals surface area contributed by atoms with Crippen LogP contribution in [0.3, 0.4) is 0 Å². The highest BCUT2D eigenvalue weighted by atomic mass is 32.2. The zero-order chi connectivity index (χ0) is 18.4. The first-order valence-corrected chi connectivity index (χ1v) is 9.58. The number of likely N-dealkylation sites (N-methyl/N-ethyl adjacent to an activating group) is 1. The quantitative estimate of drug-likeness (QED) is 0.757. The van der Waals surface area contributed by atoms with Crippen molar-refractivity contribution in [1.82, 2.24) is 9.21 Å². The molecule has 0 aliphatic heterocycles. The molecule has 25 heavy (non-hydrogen) atoms. The number of hydrogen-bond acceptors (Lipinski definition) is 3. The molecule has 0 unspecified atom stereocenters. The number of rotatable bonds is 7. The third kappa shape index (κ3) is 5.95. The van der Waals surface area contributed by atoms with Gasteiger partial charge in [0.2, 0.25) is 15.9 Å². The monoisotopic (exact) mass is 364 g/mol. The second-order valence-corrected chi connectivity index (χ2v) is 7.88. The molecular weight excluding hydrogens is 343 g/mol. The van der Waals surface area contributed by atoms with Crippen LogP contribution in [-0.2, 0) is 27.9 Å². The average Bonchev–Trinajstić information content (AvgIpc) is 2.56. The van der Waals surface area contributed by atoms with Crippen molar-refractivity contribution in [2.24, 2.45) is 0 Å². The summed E-state index contributed by atoms with van der Waals surface area (Å²) in [7, 11) is -1.94. The maximum absolute atomic E-state index is 12.9. The lowest BCUT2D eigenvalue weighted by Crippen LogP contribution is -2.40. The molecule has 2 rings (SSSR count). The largest absolute Gasteiger partial charge is 0.340 e. The van der Waals surface area contributed by atoms with Crippen LogP contribution >= 0.6 is 0 Å². The van der Waals surface area contributed by atoms with Gasteiger partial charge in [0.15, 0.2) is 0 Å². The minimum absolute atomic E-state index is 0.135. The van der Waals surface area contributed by atoms with Gasteiger partial charge in [0, 0.05) is 20.1 Å². The fraction of sp³-hybridized carbons (Fsp3) is 0.278. The summed E-state index contributed by atoms with van der Waals surface area (Å²) >= 11 is 0. The molecule has 1 amide bonds. The molecule has 2 aromatic carbocycles. The predicted molar refractivity (Wildman–Crippen MR) is 94.6 cm³/mol. The van der Waals surface area contributed by atoms with E-state index in [1.807, 2.05) is 30.3 Å². The van der Waals surface area contributed by atoms with E-state index in [0.717, 1.165) is 21.7 Å². The van der Waals surface area contributed by atoms with Crippen molar-refractivity contribution in [1.29, 1.82) is 0 Å². The molecule has 134 valence electrons. The molecule has 0 saturated heterocycles. The Balaban J connectivity index is 2.04. The van der Waals surface area contributed by atoms with Crippen molar-refractivity contribution < 1.29 is 17.6 Å².